The van der Waals surface area contributed by atoms with E-state index >= 15 is 0 Å². The van der Waals surface area contributed by atoms with Gasteiger partial charge in [0.2, 0.25) is 0 Å². The van der Waals surface area contributed by atoms with Crippen molar-refractivity contribution in [2.45, 2.75) is 23.8 Å². The topological polar surface area (TPSA) is 113 Å². The Kier molecular flexibility index (Phi) is 4.71. The number of carboxylic acids is 1. The molecule has 0 radical (unpaired) electrons. The molecule has 0 saturated carbocycles. The van der Waals surface area contributed by atoms with E-state index in [1.807, 2.05) is 12.1 Å². The molecule has 1 unspecified atom stereocenters. The number of benzene rings is 2. The molecule has 2 aromatic rings. The fourth-order valence-electron chi connectivity index (χ4n) is 2.61. The van der Waals surface area contributed by atoms with E-state index in [-0.39, 0.29) is 24.5 Å². The Labute approximate surface area is 144 Å². The number of ether oxygens (including phenoxy) is 1. The molecule has 0 aromatic heterocycles. The van der Waals surface area contributed by atoms with Gasteiger partial charge in [-0.1, -0.05) is 30.3 Å². The number of rotatable bonds is 6. The number of carbonyl (C=O) groups is 2. The van der Waals surface area contributed by atoms with E-state index in [0.717, 1.165) is 15.8 Å². The van der Waals surface area contributed by atoms with Crippen molar-refractivity contribution in [3.05, 3.63) is 42.5 Å². The van der Waals surface area contributed by atoms with Crippen LogP contribution in [0.3, 0.4) is 0 Å². The van der Waals surface area contributed by atoms with E-state index in [0.29, 0.717) is 0 Å². The van der Waals surface area contributed by atoms with Crippen molar-refractivity contribution < 1.29 is 27.9 Å². The maximum absolute atomic E-state index is 12.6. The molecule has 1 saturated heterocycles. The Bertz CT molecular complexity index is 927. The molecular formula is C16H16N2O6S. The number of nitrogens with zero attached hydrogens (tertiary/aromatic N) is 1. The van der Waals surface area contributed by atoms with Gasteiger partial charge in [-0.2, -0.15) is 5.01 Å². The number of hydrogen-bond acceptors (Lipinski definition) is 6. The maximum atomic E-state index is 12.6. The first-order valence-corrected chi connectivity index (χ1v) is 9.01. The first-order valence-electron chi connectivity index (χ1n) is 7.53. The molecule has 132 valence electrons. The first-order chi connectivity index (χ1) is 11.9. The van der Waals surface area contributed by atoms with Gasteiger partial charge in [-0.3, -0.25) is 9.59 Å². The lowest BCUT2D eigenvalue weighted by Crippen LogP contribution is -2.46. The smallest absolute Gasteiger partial charge is 0.326 e. The van der Waals surface area contributed by atoms with Gasteiger partial charge in [-0.15, -0.1) is 4.83 Å². The van der Waals surface area contributed by atoms with E-state index in [2.05, 4.69) is 4.83 Å². The second kappa shape index (κ2) is 6.79. The highest BCUT2D eigenvalue weighted by Crippen LogP contribution is 2.21. The number of aliphatic carboxylic acids is 1. The molecule has 2 N–H and O–H groups in total. The molecule has 3 rings (SSSR count). The number of hydrogen-bond donors (Lipinski definition) is 2. The maximum Gasteiger partial charge on any atom is 0.326 e. The fraction of sp³-hybridized carbons (Fsp3) is 0.250. The lowest BCUT2D eigenvalue weighted by Gasteiger charge is -2.20. The number of fused-ring (bicyclic) bond motifs is 1. The van der Waals surface area contributed by atoms with Crippen LogP contribution in [0.1, 0.15) is 12.8 Å². The summed E-state index contributed by atoms with van der Waals surface area (Å²) in [6, 6.07) is 11.1. The Morgan fingerprint density at radius 2 is 1.96 bits per heavy atom. The molecule has 0 amide bonds. The van der Waals surface area contributed by atoms with Crippen molar-refractivity contribution in [1.82, 2.24) is 9.84 Å². The fourth-order valence-corrected chi connectivity index (χ4v) is 3.74. The number of cyclic esters (lactones) is 1. The molecule has 1 aliphatic rings. The Morgan fingerprint density at radius 1 is 1.24 bits per heavy atom. The Morgan fingerprint density at radius 3 is 2.68 bits per heavy atom. The number of nitrogens with one attached hydrogen (secondary N) is 1. The summed E-state index contributed by atoms with van der Waals surface area (Å²) >= 11 is 0. The highest BCUT2D eigenvalue weighted by molar-refractivity contribution is 7.89. The van der Waals surface area contributed by atoms with Gasteiger partial charge in [0.15, 0.2) is 6.73 Å². The average Bonchev–Trinajstić information content (AvgIpc) is 2.91. The minimum atomic E-state index is -3.93. The number of hydrazine groups is 1. The first kappa shape index (κ1) is 17.3. The summed E-state index contributed by atoms with van der Waals surface area (Å²) in [5.74, 6) is -1.72. The molecule has 0 bridgehead atoms. The number of sulfonamides is 1. The predicted molar refractivity (Wildman–Crippen MR) is 87.7 cm³/mol. The summed E-state index contributed by atoms with van der Waals surface area (Å²) in [6.07, 6.45) is -0.317. The number of esters is 1. The van der Waals surface area contributed by atoms with Crippen LogP contribution in [-0.4, -0.2) is 43.2 Å². The molecule has 1 fully saturated rings. The zero-order chi connectivity index (χ0) is 18.0. The molecule has 8 nitrogen and oxygen atoms in total. The van der Waals surface area contributed by atoms with E-state index in [4.69, 9.17) is 9.84 Å². The minimum absolute atomic E-state index is 0.0440. The molecule has 9 heteroatoms. The van der Waals surface area contributed by atoms with Crippen molar-refractivity contribution in [1.29, 1.82) is 0 Å². The monoisotopic (exact) mass is 364 g/mol. The van der Waals surface area contributed by atoms with Gasteiger partial charge in [0, 0.05) is 6.42 Å². The van der Waals surface area contributed by atoms with Gasteiger partial charge in [0.25, 0.3) is 10.0 Å². The van der Waals surface area contributed by atoms with Gasteiger partial charge in [0.1, 0.15) is 6.04 Å². The second-order valence-corrected chi connectivity index (χ2v) is 7.28. The quantitative estimate of drug-likeness (QED) is 0.738. The molecule has 25 heavy (non-hydrogen) atoms. The third-order valence-electron chi connectivity index (χ3n) is 3.89. The Balaban J connectivity index is 1.81. The van der Waals surface area contributed by atoms with E-state index in [1.54, 1.807) is 18.2 Å². The summed E-state index contributed by atoms with van der Waals surface area (Å²) in [5, 5.41) is 11.5. The molecular weight excluding hydrogens is 348 g/mol. The summed E-state index contributed by atoms with van der Waals surface area (Å²) in [6.45, 7) is -0.268. The van der Waals surface area contributed by atoms with Crippen LogP contribution in [0.5, 0.6) is 0 Å². The Hall–Kier alpha value is -2.49. The predicted octanol–water partition coefficient (Wildman–Crippen LogP) is 1.08. The summed E-state index contributed by atoms with van der Waals surface area (Å²) < 4.78 is 30.0. The highest BCUT2D eigenvalue weighted by atomic mass is 32.2. The molecule has 2 aromatic carbocycles. The third-order valence-corrected chi connectivity index (χ3v) is 5.24. The number of carboxylic acid groups (broad SMARTS) is 1. The van der Waals surface area contributed by atoms with Crippen LogP contribution < -0.4 is 4.83 Å². The SMILES string of the molecule is O=C(O)CCC1C(=O)OCN1NS(=O)(=O)c1ccc2ccccc2c1. The standard InChI is InChI=1S/C16H16N2O6S/c19-15(20)8-7-14-16(21)24-10-18(14)17-25(22,23)13-6-5-11-3-1-2-4-12(11)9-13/h1-6,9,14,17H,7-8,10H2,(H,19,20). The van der Waals surface area contributed by atoms with Crippen LogP contribution in [0.4, 0.5) is 0 Å². The normalized spacial score (nSPS) is 18.4. The zero-order valence-corrected chi connectivity index (χ0v) is 13.9. The summed E-state index contributed by atoms with van der Waals surface area (Å²) in [7, 11) is -3.93. The minimum Gasteiger partial charge on any atom is -0.481 e. The van der Waals surface area contributed by atoms with Crippen LogP contribution >= 0.6 is 0 Å². The van der Waals surface area contributed by atoms with Crippen LogP contribution in [0.2, 0.25) is 0 Å². The van der Waals surface area contributed by atoms with E-state index < -0.39 is 28.0 Å². The van der Waals surface area contributed by atoms with Gasteiger partial charge < -0.3 is 9.84 Å². The average molecular weight is 364 g/mol. The van der Waals surface area contributed by atoms with Crippen molar-refractivity contribution >= 4 is 32.7 Å². The largest absolute Gasteiger partial charge is 0.481 e. The van der Waals surface area contributed by atoms with Crippen molar-refractivity contribution in [3.8, 4) is 0 Å². The van der Waals surface area contributed by atoms with Crippen LogP contribution in [0.15, 0.2) is 47.4 Å². The lowest BCUT2D eigenvalue weighted by atomic mass is 10.1. The molecule has 1 atom stereocenters. The second-order valence-electron chi connectivity index (χ2n) is 5.61. The van der Waals surface area contributed by atoms with Crippen molar-refractivity contribution in [2.75, 3.05) is 6.73 Å². The molecule has 1 heterocycles. The van der Waals surface area contributed by atoms with Crippen molar-refractivity contribution in [2.24, 2.45) is 0 Å². The van der Waals surface area contributed by atoms with E-state index in [1.165, 1.54) is 12.1 Å². The van der Waals surface area contributed by atoms with Crippen LogP contribution in [0.25, 0.3) is 10.8 Å². The van der Waals surface area contributed by atoms with Gasteiger partial charge >= 0.3 is 11.9 Å². The highest BCUT2D eigenvalue weighted by Gasteiger charge is 2.37. The molecule has 1 aliphatic heterocycles. The van der Waals surface area contributed by atoms with Gasteiger partial charge in [-0.25, -0.2) is 8.42 Å². The van der Waals surface area contributed by atoms with Gasteiger partial charge in [-0.05, 0) is 29.3 Å². The van der Waals surface area contributed by atoms with Crippen LogP contribution in [-0.2, 0) is 24.3 Å². The summed E-state index contributed by atoms with van der Waals surface area (Å²) in [5.41, 5.74) is 0. The van der Waals surface area contributed by atoms with Gasteiger partial charge in [0.05, 0.1) is 4.90 Å². The van der Waals surface area contributed by atoms with Crippen LogP contribution in [0, 0.1) is 0 Å². The lowest BCUT2D eigenvalue weighted by molar-refractivity contribution is -0.140. The summed E-state index contributed by atoms with van der Waals surface area (Å²) in [4.78, 5) is 24.7. The zero-order valence-electron chi connectivity index (χ0n) is 13.1. The number of carbonyl (C=O) groups excluding carboxylic acids is 1. The molecule has 0 aliphatic carbocycles. The third kappa shape index (κ3) is 3.78. The molecule has 0 spiro atoms. The van der Waals surface area contributed by atoms with Crippen molar-refractivity contribution in [3.63, 3.8) is 0 Å². The van der Waals surface area contributed by atoms with E-state index in [9.17, 15) is 18.0 Å².